The highest BCUT2D eigenvalue weighted by molar-refractivity contribution is 7.87. The Kier molecular flexibility index (Phi) is 20.9. The van der Waals surface area contributed by atoms with Crippen LogP contribution in [0.2, 0.25) is 0 Å². The van der Waals surface area contributed by atoms with Crippen molar-refractivity contribution in [3.05, 3.63) is 144 Å². The van der Waals surface area contributed by atoms with Crippen LogP contribution < -0.4 is 37.9 Å². The molecule has 570 valence electrons. The highest BCUT2D eigenvalue weighted by Crippen LogP contribution is 2.54. The topological polar surface area (TPSA) is 393 Å². The summed E-state index contributed by atoms with van der Waals surface area (Å²) in [5.74, 6) is -8.51. The number of ether oxygens (including phenoxy) is 12. The second kappa shape index (κ2) is 29.5. The Morgan fingerprint density at radius 2 is 0.491 bits per heavy atom. The van der Waals surface area contributed by atoms with Gasteiger partial charge in [-0.2, -0.15) is 33.7 Å². The number of benzene rings is 6. The molecule has 4 atom stereocenters. The summed E-state index contributed by atoms with van der Waals surface area (Å²) in [6, 6.07) is 30.3. The number of nitrogens with zero attached hydrogens (tertiary/aromatic N) is 6. The van der Waals surface area contributed by atoms with Crippen LogP contribution in [0.4, 0.5) is 0 Å². The Morgan fingerprint density at radius 3 is 0.676 bits per heavy atom. The summed E-state index contributed by atoms with van der Waals surface area (Å²) in [7, 11) is -11.8. The lowest BCUT2D eigenvalue weighted by Gasteiger charge is -2.45. The normalized spacial score (nSPS) is 18.8. The Bertz CT molecular complexity index is 4940. The van der Waals surface area contributed by atoms with Crippen molar-refractivity contribution in [3.63, 3.8) is 0 Å². The molecule has 8 bridgehead atoms. The third-order valence-electron chi connectivity index (χ3n) is 18.1. The number of hydrogen-bond donors (Lipinski definition) is 2. The van der Waals surface area contributed by atoms with Crippen molar-refractivity contribution < 1.29 is 107 Å². The van der Waals surface area contributed by atoms with Gasteiger partial charge in [-0.15, -0.1) is 0 Å². The van der Waals surface area contributed by atoms with Crippen molar-refractivity contribution >= 4 is 63.1 Å². The van der Waals surface area contributed by atoms with Crippen molar-refractivity contribution in [3.8, 4) is 91.5 Å². The summed E-state index contributed by atoms with van der Waals surface area (Å²) >= 11 is 0. The van der Waals surface area contributed by atoms with E-state index in [1.54, 1.807) is 76.2 Å². The Labute approximate surface area is 621 Å². The van der Waals surface area contributed by atoms with Crippen LogP contribution in [0.25, 0.3) is 68.1 Å². The van der Waals surface area contributed by atoms with E-state index >= 15 is 0 Å². The number of methoxy groups -OCH3 is 4. The van der Waals surface area contributed by atoms with Crippen LogP contribution in [0.15, 0.2) is 141 Å². The third kappa shape index (κ3) is 14.8. The van der Waals surface area contributed by atoms with E-state index in [0.717, 1.165) is 22.3 Å². The minimum absolute atomic E-state index is 0.00289. The van der Waals surface area contributed by atoms with E-state index in [4.69, 9.17) is 103 Å². The molecule has 0 unspecified atom stereocenters. The van der Waals surface area contributed by atoms with E-state index < -0.39 is 116 Å². The molecular formula is C72H74N8O24S4. The minimum Gasteiger partial charge on any atom is -0.490 e. The number of rotatable bonds is 28. The first kappa shape index (κ1) is 76.2. The van der Waals surface area contributed by atoms with Gasteiger partial charge in [0.2, 0.25) is 23.0 Å². The van der Waals surface area contributed by atoms with E-state index in [1.807, 2.05) is 27.7 Å². The maximum atomic E-state index is 13.5. The number of aryl methyl sites for hydroxylation is 4. The van der Waals surface area contributed by atoms with E-state index in [9.17, 15) is 33.7 Å². The number of hydrogen-bond acceptors (Lipinski definition) is 30. The lowest BCUT2D eigenvalue weighted by molar-refractivity contribution is -0.344. The van der Waals surface area contributed by atoms with Gasteiger partial charge in [0.1, 0.15) is 75.9 Å². The summed E-state index contributed by atoms with van der Waals surface area (Å²) in [5.41, 5.74) is 2.82. The van der Waals surface area contributed by atoms with Crippen molar-refractivity contribution in [2.24, 2.45) is 0 Å². The largest absolute Gasteiger partial charge is 0.490 e. The predicted octanol–water partition coefficient (Wildman–Crippen LogP) is 9.93. The number of H-pyrrole nitrogens is 2. The first-order chi connectivity index (χ1) is 51.3. The van der Waals surface area contributed by atoms with Gasteiger partial charge in [0, 0.05) is 56.1 Å². The highest BCUT2D eigenvalue weighted by Gasteiger charge is 2.58. The Morgan fingerprint density at radius 1 is 0.296 bits per heavy atom. The van der Waals surface area contributed by atoms with Gasteiger partial charge in [0.05, 0.1) is 41.8 Å². The molecule has 3 aromatic heterocycles. The zero-order valence-corrected chi connectivity index (χ0v) is 63.6. The smallest absolute Gasteiger partial charge is 0.297 e. The summed E-state index contributed by atoms with van der Waals surface area (Å²) < 4.78 is 207. The molecule has 0 saturated heterocycles. The maximum absolute atomic E-state index is 13.5. The van der Waals surface area contributed by atoms with E-state index in [-0.39, 0.29) is 134 Å². The monoisotopic (exact) mass is 1560 g/mol. The standard InChI is InChI=1S/C72H74N8O24S4/c1-41-13-21-45(22-14-41)105(81,82)97-37-33-93-49-29-30-50(94-34-38-98-106(83,84)46-23-15-42(2)16-24-46)54-53(49)61-73-62(54)76-66-59-60(104-72(8,92-12)71(7,91-11)103-59)68(80-66)78-64-56-52(96-36-40-100-108(87,88)48-27-19-44(4)20-28-48)32-31-51(95-35-39-99-107(85,86)47-25-17-43(3)18-26-47)55(56)63(74-64)77-67-58-57(65(75-61)79-67)101-69(5,89-9)70(6,90-10)102-58/h13-32H,33-40H2,1-12H3,(H2,73,74,75,76,77,78,79,80)/t69-,70-,71-,72-/m1/s1. The van der Waals surface area contributed by atoms with Gasteiger partial charge in [0.15, 0.2) is 45.9 Å². The first-order valence-electron chi connectivity index (χ1n) is 33.3. The van der Waals surface area contributed by atoms with E-state index in [0.29, 0.717) is 0 Å². The number of aromatic nitrogens is 8. The first-order valence-corrected chi connectivity index (χ1v) is 38.9. The van der Waals surface area contributed by atoms with Gasteiger partial charge >= 0.3 is 0 Å². The van der Waals surface area contributed by atoms with Crippen LogP contribution in [0.3, 0.4) is 0 Å². The molecule has 0 radical (unpaired) electrons. The molecule has 32 nitrogen and oxygen atoms in total. The van der Waals surface area contributed by atoms with E-state index in [2.05, 4.69) is 9.97 Å². The fourth-order valence-electron chi connectivity index (χ4n) is 11.6. The molecule has 0 amide bonds. The molecule has 36 heteroatoms. The predicted molar refractivity (Wildman–Crippen MR) is 384 cm³/mol. The minimum atomic E-state index is -4.30. The van der Waals surface area contributed by atoms with Crippen molar-refractivity contribution in [2.75, 3.05) is 81.3 Å². The van der Waals surface area contributed by atoms with Crippen molar-refractivity contribution in [2.45, 2.75) is 98.1 Å². The van der Waals surface area contributed by atoms with Crippen LogP contribution >= 0.6 is 0 Å². The lowest BCUT2D eigenvalue weighted by atomic mass is 10.1. The molecule has 4 aliphatic heterocycles. The zero-order chi connectivity index (χ0) is 76.9. The SMILES string of the molecule is CO[C@]1(C)Oc2c(c3nc4nc(nc5[nH]c(nc6nc(nc2[nH]3)-c2c(OCCOS(=O)(=O)c3ccc(C)cc3)ccc(OCCOS(=O)(=O)c3ccc(C)cc3)c2-6)c2c5O[C@@](C)(OC)[C@](C)(OC)O2)-c2c(OCCOS(=O)(=O)c3ccc(C)cc3)ccc(OCCOS(=O)(=O)c3ccc(C)cc3)c2-4)O[C@@]1(C)OC. The van der Waals surface area contributed by atoms with Gasteiger partial charge in [-0.3, -0.25) is 16.7 Å². The summed E-state index contributed by atoms with van der Waals surface area (Å²) in [4.78, 5) is 36.7. The Balaban J connectivity index is 1.03. The molecule has 108 heavy (non-hydrogen) atoms. The molecule has 0 fully saturated rings. The lowest BCUT2D eigenvalue weighted by Crippen LogP contribution is -2.62. The molecule has 0 aliphatic carbocycles. The number of aromatic amines is 2. The average Bonchev–Trinajstić information content (AvgIpc) is 1.60. The average molecular weight is 1560 g/mol. The van der Waals surface area contributed by atoms with Gasteiger partial charge < -0.3 is 66.8 Å². The summed E-state index contributed by atoms with van der Waals surface area (Å²) in [6.07, 6.45) is 0. The highest BCUT2D eigenvalue weighted by atomic mass is 32.2. The van der Waals surface area contributed by atoms with Crippen LogP contribution in [-0.4, -0.2) is 178 Å². The third-order valence-corrected chi connectivity index (χ3v) is 23.5. The fourth-order valence-corrected chi connectivity index (χ4v) is 15.1. The number of nitrogens with one attached hydrogen (secondary N) is 2. The number of fused-ring (bicyclic) bond motifs is 20. The summed E-state index contributed by atoms with van der Waals surface area (Å²) in [5, 5.41) is 0. The molecule has 7 heterocycles. The molecule has 13 rings (SSSR count). The maximum Gasteiger partial charge on any atom is 0.297 e. The quantitative estimate of drug-likeness (QED) is 0.0340. The van der Waals surface area contributed by atoms with Gasteiger partial charge in [-0.25, -0.2) is 29.9 Å². The van der Waals surface area contributed by atoms with Gasteiger partial charge in [0.25, 0.3) is 63.6 Å². The molecular weight excluding hydrogens is 1490 g/mol. The van der Waals surface area contributed by atoms with Crippen LogP contribution in [0, 0.1) is 27.7 Å². The molecule has 0 saturated carbocycles. The van der Waals surface area contributed by atoms with Crippen LogP contribution in [-0.2, 0) is 76.2 Å². The molecule has 2 N–H and O–H groups in total. The second-order valence-corrected chi connectivity index (χ2v) is 31.8. The summed E-state index contributed by atoms with van der Waals surface area (Å²) in [6.45, 7) is 9.80. The second-order valence-electron chi connectivity index (χ2n) is 25.3. The molecule has 4 aliphatic rings. The van der Waals surface area contributed by atoms with Crippen LogP contribution in [0.1, 0.15) is 49.9 Å². The van der Waals surface area contributed by atoms with Crippen LogP contribution in [0.5, 0.6) is 46.0 Å². The Hall–Kier alpha value is -9.96. The van der Waals surface area contributed by atoms with E-state index in [1.165, 1.54) is 101 Å². The molecule has 0 spiro atoms. The van der Waals surface area contributed by atoms with Crippen molar-refractivity contribution in [1.29, 1.82) is 0 Å². The zero-order valence-electron chi connectivity index (χ0n) is 60.3. The molecule has 6 aromatic carbocycles. The fraction of sp³-hybridized carbons (Fsp3) is 0.333. The van der Waals surface area contributed by atoms with Gasteiger partial charge in [-0.1, -0.05) is 70.8 Å². The van der Waals surface area contributed by atoms with Crippen molar-refractivity contribution in [1.82, 2.24) is 39.9 Å². The van der Waals surface area contributed by atoms with Gasteiger partial charge in [-0.05, 0) is 100 Å². The molecule has 9 aromatic rings.